The van der Waals surface area contributed by atoms with Crippen molar-refractivity contribution in [1.82, 2.24) is 19.7 Å². The summed E-state index contributed by atoms with van der Waals surface area (Å²) >= 11 is 1.43. The number of hydrogen-bond donors (Lipinski definition) is 0. The minimum absolute atomic E-state index is 0.0184. The smallest absolute Gasteiger partial charge is 0.269 e. The van der Waals surface area contributed by atoms with Crippen LogP contribution in [0.15, 0.2) is 29.4 Å². The third kappa shape index (κ3) is 6.08. The molecule has 10 heteroatoms. The van der Waals surface area contributed by atoms with Gasteiger partial charge in [-0.05, 0) is 37.8 Å². The van der Waals surface area contributed by atoms with Gasteiger partial charge in [0.2, 0.25) is 5.91 Å². The van der Waals surface area contributed by atoms with E-state index in [4.69, 9.17) is 4.74 Å². The minimum atomic E-state index is -0.444. The molecule has 34 heavy (non-hydrogen) atoms. The molecule has 0 atom stereocenters. The fourth-order valence-electron chi connectivity index (χ4n) is 5.03. The normalized spacial score (nSPS) is 17.4. The van der Waals surface area contributed by atoms with Crippen LogP contribution in [0.4, 0.5) is 5.69 Å². The van der Waals surface area contributed by atoms with E-state index in [0.29, 0.717) is 34.6 Å². The number of carbonyl (C=O) groups excluding carboxylic acids is 1. The Morgan fingerprint density at radius 2 is 1.65 bits per heavy atom. The van der Waals surface area contributed by atoms with Crippen molar-refractivity contribution in [2.75, 3.05) is 5.75 Å². The van der Waals surface area contributed by atoms with Crippen LogP contribution in [0.1, 0.15) is 70.0 Å². The lowest BCUT2D eigenvalue weighted by atomic mass is 9.88. The van der Waals surface area contributed by atoms with Crippen molar-refractivity contribution in [2.24, 2.45) is 7.05 Å². The second-order valence-electron chi connectivity index (χ2n) is 9.17. The number of carbonyl (C=O) groups is 1. The fraction of sp³-hybridized carbons (Fsp3) is 0.625. The Kier molecular flexibility index (Phi) is 8.42. The van der Waals surface area contributed by atoms with Gasteiger partial charge in [0.05, 0.1) is 10.7 Å². The Bertz CT molecular complexity index is 950. The molecule has 2 saturated carbocycles. The maximum Gasteiger partial charge on any atom is 0.269 e. The van der Waals surface area contributed by atoms with E-state index >= 15 is 0 Å². The second kappa shape index (κ2) is 11.7. The first-order chi connectivity index (χ1) is 16.5. The number of nitro groups is 1. The van der Waals surface area contributed by atoms with Gasteiger partial charge in [0, 0.05) is 31.3 Å². The summed E-state index contributed by atoms with van der Waals surface area (Å²) in [5.41, 5.74) is 0.0184. The number of benzene rings is 1. The molecule has 0 radical (unpaired) electrons. The molecular weight excluding hydrogens is 454 g/mol. The summed E-state index contributed by atoms with van der Waals surface area (Å²) in [6, 6.07) is 6.71. The van der Waals surface area contributed by atoms with Crippen LogP contribution in [0.2, 0.25) is 0 Å². The largest absolute Gasteiger partial charge is 0.486 e. The Hall–Kier alpha value is -2.62. The number of nitro benzene ring substituents is 1. The molecule has 1 aromatic heterocycles. The van der Waals surface area contributed by atoms with Gasteiger partial charge in [-0.2, -0.15) is 0 Å². The molecular formula is C24H33N5O4S. The highest BCUT2D eigenvalue weighted by atomic mass is 32.2. The topological polar surface area (TPSA) is 103 Å². The van der Waals surface area contributed by atoms with Crippen LogP contribution in [0, 0.1) is 10.1 Å². The van der Waals surface area contributed by atoms with E-state index in [2.05, 4.69) is 15.1 Å². The SMILES string of the molecule is Cn1c(COc2ccc([N+](=O)[O-])cc2)nnc1SCC(=O)N(C1CCCCC1)C1CCCCC1. The van der Waals surface area contributed by atoms with Crippen molar-refractivity contribution < 1.29 is 14.5 Å². The van der Waals surface area contributed by atoms with Gasteiger partial charge in [-0.25, -0.2) is 0 Å². The van der Waals surface area contributed by atoms with E-state index < -0.39 is 4.92 Å². The van der Waals surface area contributed by atoms with Crippen LogP contribution in [0.5, 0.6) is 5.75 Å². The van der Waals surface area contributed by atoms with E-state index in [-0.39, 0.29) is 18.2 Å². The predicted molar refractivity (Wildman–Crippen MR) is 130 cm³/mol. The third-order valence-corrected chi connectivity index (χ3v) is 7.89. The Balaban J connectivity index is 1.34. The van der Waals surface area contributed by atoms with Gasteiger partial charge >= 0.3 is 0 Å². The average molecular weight is 488 g/mol. The number of non-ortho nitro benzene ring substituents is 1. The molecule has 184 valence electrons. The molecule has 0 bridgehead atoms. The molecule has 1 amide bonds. The minimum Gasteiger partial charge on any atom is -0.486 e. The summed E-state index contributed by atoms with van der Waals surface area (Å²) in [6.07, 6.45) is 11.9. The number of amides is 1. The molecule has 4 rings (SSSR count). The first-order valence-electron chi connectivity index (χ1n) is 12.2. The van der Waals surface area contributed by atoms with Gasteiger partial charge in [0.15, 0.2) is 11.0 Å². The average Bonchev–Trinajstić information content (AvgIpc) is 3.22. The summed E-state index contributed by atoms with van der Waals surface area (Å²) in [5.74, 6) is 1.73. The number of thioether (sulfide) groups is 1. The maximum atomic E-state index is 13.4. The Morgan fingerprint density at radius 3 is 2.21 bits per heavy atom. The third-order valence-electron chi connectivity index (χ3n) is 6.89. The first-order valence-corrected chi connectivity index (χ1v) is 13.2. The monoisotopic (exact) mass is 487 g/mol. The van der Waals surface area contributed by atoms with E-state index in [0.717, 1.165) is 25.7 Å². The zero-order chi connectivity index (χ0) is 23.9. The van der Waals surface area contributed by atoms with Crippen molar-refractivity contribution in [1.29, 1.82) is 0 Å². The van der Waals surface area contributed by atoms with Gasteiger partial charge < -0.3 is 14.2 Å². The van der Waals surface area contributed by atoms with Crippen LogP contribution in [-0.4, -0.2) is 48.3 Å². The van der Waals surface area contributed by atoms with Gasteiger partial charge in [-0.15, -0.1) is 10.2 Å². The number of ether oxygens (including phenoxy) is 1. The zero-order valence-corrected chi connectivity index (χ0v) is 20.5. The molecule has 0 N–H and O–H groups in total. The molecule has 2 fully saturated rings. The van der Waals surface area contributed by atoms with E-state index in [1.54, 1.807) is 12.1 Å². The van der Waals surface area contributed by atoms with Crippen molar-refractivity contribution in [2.45, 2.75) is 88.1 Å². The summed E-state index contributed by atoms with van der Waals surface area (Å²) in [7, 11) is 1.86. The molecule has 0 unspecified atom stereocenters. The Morgan fingerprint density at radius 1 is 1.06 bits per heavy atom. The fourth-order valence-corrected chi connectivity index (χ4v) is 5.83. The molecule has 2 aromatic rings. The number of nitrogens with zero attached hydrogens (tertiary/aromatic N) is 5. The lowest BCUT2D eigenvalue weighted by molar-refractivity contribution is -0.384. The van der Waals surface area contributed by atoms with Crippen LogP contribution in [0.3, 0.4) is 0 Å². The molecule has 2 aliphatic rings. The van der Waals surface area contributed by atoms with Crippen molar-refractivity contribution in [3.63, 3.8) is 0 Å². The highest BCUT2D eigenvalue weighted by molar-refractivity contribution is 7.99. The zero-order valence-electron chi connectivity index (χ0n) is 19.7. The number of rotatable bonds is 9. The van der Waals surface area contributed by atoms with Crippen LogP contribution < -0.4 is 4.74 Å². The maximum absolute atomic E-state index is 13.4. The second-order valence-corrected chi connectivity index (χ2v) is 10.1. The van der Waals surface area contributed by atoms with Gasteiger partial charge in [-0.3, -0.25) is 14.9 Å². The molecule has 0 aliphatic heterocycles. The van der Waals surface area contributed by atoms with E-state index in [9.17, 15) is 14.9 Å². The summed E-state index contributed by atoms with van der Waals surface area (Å²) in [6.45, 7) is 0.187. The molecule has 1 aromatic carbocycles. The molecule has 0 saturated heterocycles. The summed E-state index contributed by atoms with van der Waals surface area (Å²) in [4.78, 5) is 26.0. The highest BCUT2D eigenvalue weighted by Crippen LogP contribution is 2.31. The molecule has 9 nitrogen and oxygen atoms in total. The van der Waals surface area contributed by atoms with Crippen LogP contribution in [0.25, 0.3) is 0 Å². The lowest BCUT2D eigenvalue weighted by Crippen LogP contribution is -2.49. The summed E-state index contributed by atoms with van der Waals surface area (Å²) in [5, 5.41) is 19.9. The standard InChI is InChI=1S/C24H33N5O4S/c1-27-22(16-33-21-14-12-20(13-15-21)29(31)32)25-26-24(27)34-17-23(30)28(18-8-4-2-5-9-18)19-10-6-3-7-11-19/h12-15,18-19H,2-11,16-17H2,1H3. The predicted octanol–water partition coefficient (Wildman–Crippen LogP) is 4.89. The van der Waals surface area contributed by atoms with Gasteiger partial charge in [-0.1, -0.05) is 50.3 Å². The molecule has 2 aliphatic carbocycles. The van der Waals surface area contributed by atoms with Crippen molar-refractivity contribution in [3.8, 4) is 5.75 Å². The first kappa shape index (κ1) is 24.5. The number of aromatic nitrogens is 3. The Labute approximate surface area is 204 Å². The number of hydrogen-bond acceptors (Lipinski definition) is 7. The van der Waals surface area contributed by atoms with Crippen molar-refractivity contribution in [3.05, 3.63) is 40.2 Å². The lowest BCUT2D eigenvalue weighted by Gasteiger charge is -2.41. The quantitative estimate of drug-likeness (QED) is 0.282. The van der Waals surface area contributed by atoms with Crippen LogP contribution in [-0.2, 0) is 18.4 Å². The van der Waals surface area contributed by atoms with Gasteiger partial charge in [0.25, 0.3) is 5.69 Å². The van der Waals surface area contributed by atoms with E-state index in [1.807, 2.05) is 11.6 Å². The summed E-state index contributed by atoms with van der Waals surface area (Å²) < 4.78 is 7.56. The van der Waals surface area contributed by atoms with Crippen LogP contribution >= 0.6 is 11.8 Å². The van der Waals surface area contributed by atoms with E-state index in [1.165, 1.54) is 62.4 Å². The van der Waals surface area contributed by atoms with Gasteiger partial charge in [0.1, 0.15) is 12.4 Å². The highest BCUT2D eigenvalue weighted by Gasteiger charge is 2.32. The molecule has 0 spiro atoms. The van der Waals surface area contributed by atoms with Crippen molar-refractivity contribution >= 4 is 23.4 Å². The molecule has 1 heterocycles.